The maximum atomic E-state index is 12.0. The second-order valence-corrected chi connectivity index (χ2v) is 6.30. The summed E-state index contributed by atoms with van der Waals surface area (Å²) in [6, 6.07) is 0. The zero-order valence-electron chi connectivity index (χ0n) is 13.4. The fourth-order valence-corrected chi connectivity index (χ4v) is 2.21. The van der Waals surface area contributed by atoms with Crippen LogP contribution in [0.3, 0.4) is 0 Å². The molecule has 0 saturated carbocycles. The number of amides is 2. The molecule has 1 fully saturated rings. The summed E-state index contributed by atoms with van der Waals surface area (Å²) in [4.78, 5) is 25.2. The number of rotatable bonds is 3. The molecular formula is C14H27N3O4. The quantitative estimate of drug-likeness (QED) is 0.823. The largest absolute Gasteiger partial charge is 0.450 e. The van der Waals surface area contributed by atoms with Gasteiger partial charge in [-0.15, -0.1) is 0 Å². The Morgan fingerprint density at radius 1 is 1.29 bits per heavy atom. The molecule has 0 aromatic heterocycles. The van der Waals surface area contributed by atoms with E-state index in [2.05, 4.69) is 5.32 Å². The number of likely N-dealkylation sites (tertiary alicyclic amines) is 1. The van der Waals surface area contributed by atoms with Crippen molar-refractivity contribution in [3.8, 4) is 0 Å². The Bertz CT molecular complexity index is 371. The van der Waals surface area contributed by atoms with Gasteiger partial charge < -0.3 is 25.4 Å². The Kier molecular flexibility index (Phi) is 5.83. The van der Waals surface area contributed by atoms with E-state index < -0.39 is 17.2 Å². The van der Waals surface area contributed by atoms with Gasteiger partial charge >= 0.3 is 12.2 Å². The third-order valence-corrected chi connectivity index (χ3v) is 3.41. The van der Waals surface area contributed by atoms with Crippen molar-refractivity contribution in [3.63, 3.8) is 0 Å². The van der Waals surface area contributed by atoms with Gasteiger partial charge in [-0.25, -0.2) is 9.59 Å². The number of alkyl carbamates (subject to hydrolysis) is 1. The van der Waals surface area contributed by atoms with Crippen molar-refractivity contribution in [2.45, 2.75) is 51.7 Å². The van der Waals surface area contributed by atoms with Gasteiger partial charge in [0.05, 0.1) is 12.1 Å². The lowest BCUT2D eigenvalue weighted by molar-refractivity contribution is 0.0152. The minimum Gasteiger partial charge on any atom is -0.450 e. The highest BCUT2D eigenvalue weighted by atomic mass is 16.6. The van der Waals surface area contributed by atoms with Crippen molar-refractivity contribution in [3.05, 3.63) is 0 Å². The van der Waals surface area contributed by atoms with Crippen LogP contribution in [0, 0.1) is 0 Å². The fourth-order valence-electron chi connectivity index (χ4n) is 2.21. The van der Waals surface area contributed by atoms with Crippen LogP contribution in [-0.2, 0) is 9.47 Å². The lowest BCUT2D eigenvalue weighted by atomic mass is 9.88. The van der Waals surface area contributed by atoms with Gasteiger partial charge in [-0.3, -0.25) is 0 Å². The Hall–Kier alpha value is -1.50. The van der Waals surface area contributed by atoms with Crippen LogP contribution in [0.5, 0.6) is 0 Å². The van der Waals surface area contributed by atoms with E-state index in [0.29, 0.717) is 39.1 Å². The van der Waals surface area contributed by atoms with E-state index in [4.69, 9.17) is 15.2 Å². The highest BCUT2D eigenvalue weighted by Crippen LogP contribution is 2.23. The number of nitrogens with one attached hydrogen (secondary N) is 1. The Labute approximate surface area is 126 Å². The Morgan fingerprint density at radius 3 is 2.29 bits per heavy atom. The van der Waals surface area contributed by atoms with Crippen LogP contribution in [0.25, 0.3) is 0 Å². The van der Waals surface area contributed by atoms with E-state index in [-0.39, 0.29) is 6.09 Å². The molecule has 2 amide bonds. The van der Waals surface area contributed by atoms with Gasteiger partial charge in [0.25, 0.3) is 0 Å². The maximum absolute atomic E-state index is 12.0. The first-order chi connectivity index (χ1) is 9.71. The average Bonchev–Trinajstić information content (AvgIpc) is 2.37. The summed E-state index contributed by atoms with van der Waals surface area (Å²) in [6.07, 6.45) is 0.376. The first-order valence-corrected chi connectivity index (χ1v) is 7.34. The van der Waals surface area contributed by atoms with E-state index in [1.54, 1.807) is 11.8 Å². The standard InChI is InChI=1S/C14H27N3O4/c1-5-20-11(18)16-14(10-15)6-8-17(9-7-14)12(19)21-13(2,3)4/h5-10,15H2,1-4H3,(H,16,18). The summed E-state index contributed by atoms with van der Waals surface area (Å²) in [6.45, 7) is 8.88. The minimum absolute atomic E-state index is 0.313. The normalized spacial score (nSPS) is 18.0. The molecule has 0 spiro atoms. The molecule has 0 aliphatic carbocycles. The fraction of sp³-hybridized carbons (Fsp3) is 0.857. The van der Waals surface area contributed by atoms with E-state index >= 15 is 0 Å². The van der Waals surface area contributed by atoms with Gasteiger partial charge in [-0.1, -0.05) is 0 Å². The van der Waals surface area contributed by atoms with E-state index in [0.717, 1.165) is 0 Å². The maximum Gasteiger partial charge on any atom is 0.410 e. The lowest BCUT2D eigenvalue weighted by Crippen LogP contribution is -2.60. The number of hydrogen-bond acceptors (Lipinski definition) is 5. The number of nitrogens with zero attached hydrogens (tertiary/aromatic N) is 1. The molecule has 0 aromatic rings. The van der Waals surface area contributed by atoms with Crippen LogP contribution in [-0.4, -0.2) is 54.5 Å². The predicted octanol–water partition coefficient (Wildman–Crippen LogP) is 1.46. The van der Waals surface area contributed by atoms with Crippen molar-refractivity contribution in [2.24, 2.45) is 5.73 Å². The Morgan fingerprint density at radius 2 is 1.86 bits per heavy atom. The molecule has 3 N–H and O–H groups in total. The molecule has 21 heavy (non-hydrogen) atoms. The Balaban J connectivity index is 2.55. The van der Waals surface area contributed by atoms with Gasteiger partial charge in [-0.05, 0) is 40.5 Å². The van der Waals surface area contributed by atoms with Crippen molar-refractivity contribution in [1.29, 1.82) is 0 Å². The third kappa shape index (κ3) is 5.41. The van der Waals surface area contributed by atoms with E-state index in [1.165, 1.54) is 0 Å². The minimum atomic E-state index is -0.511. The van der Waals surface area contributed by atoms with Gasteiger partial charge in [-0.2, -0.15) is 0 Å². The van der Waals surface area contributed by atoms with Crippen molar-refractivity contribution in [1.82, 2.24) is 10.2 Å². The summed E-state index contributed by atoms with van der Waals surface area (Å²) >= 11 is 0. The SMILES string of the molecule is CCOC(=O)NC1(CN)CCN(C(=O)OC(C)(C)C)CC1. The van der Waals surface area contributed by atoms with Crippen molar-refractivity contribution < 1.29 is 19.1 Å². The summed E-state index contributed by atoms with van der Waals surface area (Å²) in [5.41, 5.74) is 4.78. The molecule has 1 heterocycles. The number of nitrogens with two attached hydrogens (primary N) is 1. The molecule has 1 aliphatic rings. The third-order valence-electron chi connectivity index (χ3n) is 3.41. The highest BCUT2D eigenvalue weighted by Gasteiger charge is 2.37. The number of carbonyl (C=O) groups is 2. The van der Waals surface area contributed by atoms with E-state index in [1.807, 2.05) is 20.8 Å². The zero-order valence-corrected chi connectivity index (χ0v) is 13.4. The van der Waals surface area contributed by atoms with Crippen LogP contribution in [0.1, 0.15) is 40.5 Å². The van der Waals surface area contributed by atoms with Crippen molar-refractivity contribution >= 4 is 12.2 Å². The monoisotopic (exact) mass is 301 g/mol. The predicted molar refractivity (Wildman–Crippen MR) is 79.0 cm³/mol. The molecule has 0 aromatic carbocycles. The molecule has 0 atom stereocenters. The zero-order chi connectivity index (χ0) is 16.1. The molecule has 0 bridgehead atoms. The second-order valence-electron chi connectivity index (χ2n) is 6.30. The van der Waals surface area contributed by atoms with Crippen LogP contribution in [0.15, 0.2) is 0 Å². The van der Waals surface area contributed by atoms with Crippen LogP contribution in [0.4, 0.5) is 9.59 Å². The van der Waals surface area contributed by atoms with Gasteiger partial charge in [0.15, 0.2) is 0 Å². The first-order valence-electron chi connectivity index (χ1n) is 7.34. The molecule has 7 nitrogen and oxygen atoms in total. The molecule has 0 radical (unpaired) electrons. The van der Waals surface area contributed by atoms with Gasteiger partial charge in [0.2, 0.25) is 0 Å². The first kappa shape index (κ1) is 17.6. The molecule has 7 heteroatoms. The summed E-state index contributed by atoms with van der Waals surface area (Å²) in [7, 11) is 0. The van der Waals surface area contributed by atoms with E-state index in [9.17, 15) is 9.59 Å². The molecule has 1 rings (SSSR count). The number of hydrogen-bond donors (Lipinski definition) is 2. The lowest BCUT2D eigenvalue weighted by Gasteiger charge is -2.41. The molecular weight excluding hydrogens is 274 g/mol. The molecule has 0 unspecified atom stereocenters. The second kappa shape index (κ2) is 6.98. The van der Waals surface area contributed by atoms with Crippen LogP contribution in [0.2, 0.25) is 0 Å². The molecule has 122 valence electrons. The molecule has 1 aliphatic heterocycles. The van der Waals surface area contributed by atoms with Crippen LogP contribution >= 0.6 is 0 Å². The summed E-state index contributed by atoms with van der Waals surface area (Å²) in [5, 5.41) is 2.83. The molecule has 1 saturated heterocycles. The summed E-state index contributed by atoms with van der Waals surface area (Å²) in [5.74, 6) is 0. The summed E-state index contributed by atoms with van der Waals surface area (Å²) < 4.78 is 10.2. The van der Waals surface area contributed by atoms with Gasteiger partial charge in [0, 0.05) is 19.6 Å². The van der Waals surface area contributed by atoms with Crippen LogP contribution < -0.4 is 11.1 Å². The smallest absolute Gasteiger partial charge is 0.410 e. The average molecular weight is 301 g/mol. The number of carbonyl (C=O) groups excluding carboxylic acids is 2. The highest BCUT2D eigenvalue weighted by molar-refractivity contribution is 5.69. The van der Waals surface area contributed by atoms with Gasteiger partial charge in [0.1, 0.15) is 5.60 Å². The topological polar surface area (TPSA) is 93.9 Å². The number of ether oxygens (including phenoxy) is 2. The van der Waals surface area contributed by atoms with Crippen molar-refractivity contribution in [2.75, 3.05) is 26.2 Å². The number of piperidine rings is 1.